The van der Waals surface area contributed by atoms with E-state index >= 15 is 0 Å². The van der Waals surface area contributed by atoms with Gasteiger partial charge in [-0.15, -0.1) is 0 Å². The number of hydrogen-bond acceptors (Lipinski definition) is 3. The molecule has 0 aromatic heterocycles. The number of rotatable bonds is 2. The largest absolute Gasteiger partial charge is 0.310 e. The molecule has 1 aliphatic heterocycles. The number of piperidine rings is 1. The summed E-state index contributed by atoms with van der Waals surface area (Å²) in [6.45, 7) is 0.644. The van der Waals surface area contributed by atoms with Crippen molar-refractivity contribution in [3.8, 4) is 6.07 Å². The lowest BCUT2D eigenvalue weighted by atomic mass is 10.0. The van der Waals surface area contributed by atoms with Gasteiger partial charge in [-0.05, 0) is 38.1 Å². The summed E-state index contributed by atoms with van der Waals surface area (Å²) >= 11 is 6.12. The number of amides is 1. The Morgan fingerprint density at radius 2 is 2.33 bits per heavy atom. The van der Waals surface area contributed by atoms with Crippen LogP contribution in [0.4, 0.5) is 5.69 Å². The lowest BCUT2D eigenvalue weighted by Crippen LogP contribution is -2.49. The zero-order valence-corrected chi connectivity index (χ0v) is 10.9. The van der Waals surface area contributed by atoms with Gasteiger partial charge in [-0.25, -0.2) is 0 Å². The Morgan fingerprint density at radius 3 is 3.00 bits per heavy atom. The van der Waals surface area contributed by atoms with Crippen LogP contribution in [0.3, 0.4) is 0 Å². The van der Waals surface area contributed by atoms with Crippen molar-refractivity contribution in [1.29, 1.82) is 5.26 Å². The van der Waals surface area contributed by atoms with Crippen molar-refractivity contribution in [2.45, 2.75) is 18.9 Å². The predicted octanol–water partition coefficient (Wildman–Crippen LogP) is 1.93. The van der Waals surface area contributed by atoms with Crippen molar-refractivity contribution < 1.29 is 4.79 Å². The first kappa shape index (κ1) is 12.9. The molecule has 5 heteroatoms. The number of carbonyl (C=O) groups is 1. The number of nitrogens with one attached hydrogen (secondary N) is 1. The Kier molecular flexibility index (Phi) is 3.85. The SMILES string of the molecule is CNC1CCCN(c2cc(C#N)ccc2Cl)C1=O. The maximum Gasteiger partial charge on any atom is 0.244 e. The molecule has 1 unspecified atom stereocenters. The lowest BCUT2D eigenvalue weighted by molar-refractivity contribution is -0.121. The van der Waals surface area contributed by atoms with Crippen LogP contribution in [0.5, 0.6) is 0 Å². The highest BCUT2D eigenvalue weighted by Gasteiger charge is 2.29. The smallest absolute Gasteiger partial charge is 0.244 e. The predicted molar refractivity (Wildman–Crippen MR) is 70.6 cm³/mol. The normalized spacial score (nSPS) is 19.7. The van der Waals surface area contributed by atoms with Crippen molar-refractivity contribution >= 4 is 23.2 Å². The minimum absolute atomic E-state index is 0.0146. The maximum atomic E-state index is 12.2. The number of benzene rings is 1. The summed E-state index contributed by atoms with van der Waals surface area (Å²) in [5.41, 5.74) is 1.13. The van der Waals surface area contributed by atoms with Crippen molar-refractivity contribution in [2.24, 2.45) is 0 Å². The molecule has 1 N–H and O–H groups in total. The molecular formula is C13H14ClN3O. The molecule has 0 saturated carbocycles. The van der Waals surface area contributed by atoms with E-state index in [1.165, 1.54) is 0 Å². The van der Waals surface area contributed by atoms with E-state index in [1.807, 2.05) is 0 Å². The summed E-state index contributed by atoms with van der Waals surface area (Å²) in [6, 6.07) is 6.87. The van der Waals surface area contributed by atoms with Gasteiger partial charge in [0.2, 0.25) is 5.91 Å². The minimum Gasteiger partial charge on any atom is -0.310 e. The summed E-state index contributed by atoms with van der Waals surface area (Å²) < 4.78 is 0. The molecule has 0 aliphatic carbocycles. The average Bonchev–Trinajstić information content (AvgIpc) is 2.40. The summed E-state index contributed by atoms with van der Waals surface area (Å²) in [7, 11) is 1.78. The molecule has 0 bridgehead atoms. The second-order valence-electron chi connectivity index (χ2n) is 4.25. The van der Waals surface area contributed by atoms with Crippen molar-refractivity contribution in [3.63, 3.8) is 0 Å². The number of anilines is 1. The molecule has 2 rings (SSSR count). The van der Waals surface area contributed by atoms with Gasteiger partial charge in [-0.2, -0.15) is 5.26 Å². The highest BCUT2D eigenvalue weighted by molar-refractivity contribution is 6.34. The highest BCUT2D eigenvalue weighted by Crippen LogP contribution is 2.29. The van der Waals surface area contributed by atoms with Crippen LogP contribution in [0.2, 0.25) is 5.02 Å². The first-order chi connectivity index (χ1) is 8.67. The lowest BCUT2D eigenvalue weighted by Gasteiger charge is -2.32. The number of hydrogen-bond donors (Lipinski definition) is 1. The number of carbonyl (C=O) groups excluding carboxylic acids is 1. The monoisotopic (exact) mass is 263 g/mol. The number of likely N-dealkylation sites (N-methyl/N-ethyl adjacent to an activating group) is 1. The highest BCUT2D eigenvalue weighted by atomic mass is 35.5. The van der Waals surface area contributed by atoms with Gasteiger partial charge in [0, 0.05) is 6.54 Å². The third-order valence-corrected chi connectivity index (χ3v) is 3.47. The molecule has 18 heavy (non-hydrogen) atoms. The van der Waals surface area contributed by atoms with Gasteiger partial charge < -0.3 is 10.2 Å². The first-order valence-corrected chi connectivity index (χ1v) is 6.23. The molecular weight excluding hydrogens is 250 g/mol. The van der Waals surface area contributed by atoms with E-state index in [0.29, 0.717) is 22.8 Å². The molecule has 1 saturated heterocycles. The molecule has 1 amide bonds. The first-order valence-electron chi connectivity index (χ1n) is 5.85. The van der Waals surface area contributed by atoms with E-state index in [-0.39, 0.29) is 11.9 Å². The van der Waals surface area contributed by atoms with Crippen LogP contribution in [-0.4, -0.2) is 25.5 Å². The van der Waals surface area contributed by atoms with Gasteiger partial charge in [-0.1, -0.05) is 11.6 Å². The van der Waals surface area contributed by atoms with Crippen LogP contribution in [0.15, 0.2) is 18.2 Å². The molecule has 1 atom stereocenters. The molecule has 1 aromatic carbocycles. The summed E-state index contributed by atoms with van der Waals surface area (Å²) in [4.78, 5) is 13.9. The molecule has 94 valence electrons. The van der Waals surface area contributed by atoms with Crippen LogP contribution >= 0.6 is 11.6 Å². The number of nitrogens with zero attached hydrogens (tertiary/aromatic N) is 2. The van der Waals surface area contributed by atoms with E-state index < -0.39 is 0 Å². The summed E-state index contributed by atoms with van der Waals surface area (Å²) in [6.07, 6.45) is 1.76. The molecule has 0 spiro atoms. The third kappa shape index (κ3) is 2.33. The van der Waals surface area contributed by atoms with Gasteiger partial charge in [0.1, 0.15) is 0 Å². The quantitative estimate of drug-likeness (QED) is 0.887. The molecule has 1 aromatic rings. The van der Waals surface area contributed by atoms with Gasteiger partial charge in [-0.3, -0.25) is 4.79 Å². The Bertz CT molecular complexity index is 509. The van der Waals surface area contributed by atoms with Crippen molar-refractivity contribution in [1.82, 2.24) is 5.32 Å². The molecule has 0 radical (unpaired) electrons. The zero-order chi connectivity index (χ0) is 13.1. The molecule has 1 aliphatic rings. The summed E-state index contributed by atoms with van der Waals surface area (Å²) in [5.74, 6) is 0.0146. The fraction of sp³-hybridized carbons (Fsp3) is 0.385. The Morgan fingerprint density at radius 1 is 1.56 bits per heavy atom. The molecule has 4 nitrogen and oxygen atoms in total. The van der Waals surface area contributed by atoms with E-state index in [2.05, 4.69) is 11.4 Å². The van der Waals surface area contributed by atoms with Crippen LogP contribution in [-0.2, 0) is 4.79 Å². The van der Waals surface area contributed by atoms with Gasteiger partial charge in [0.25, 0.3) is 0 Å². The van der Waals surface area contributed by atoms with Crippen LogP contribution in [0.25, 0.3) is 0 Å². The van der Waals surface area contributed by atoms with Crippen LogP contribution in [0.1, 0.15) is 18.4 Å². The van der Waals surface area contributed by atoms with E-state index in [1.54, 1.807) is 30.1 Å². The standard InChI is InChI=1S/C13H14ClN3O/c1-16-11-3-2-6-17(13(11)18)12-7-9(8-15)4-5-10(12)14/h4-5,7,11,16H,2-3,6H2,1H3. The third-order valence-electron chi connectivity index (χ3n) is 3.15. The van der Waals surface area contributed by atoms with E-state index in [9.17, 15) is 4.79 Å². The second kappa shape index (κ2) is 5.38. The van der Waals surface area contributed by atoms with Gasteiger partial charge >= 0.3 is 0 Å². The number of halogens is 1. The maximum absolute atomic E-state index is 12.2. The van der Waals surface area contributed by atoms with Crippen LogP contribution in [0, 0.1) is 11.3 Å². The topological polar surface area (TPSA) is 56.1 Å². The van der Waals surface area contributed by atoms with E-state index in [0.717, 1.165) is 12.8 Å². The Balaban J connectivity index is 2.36. The van der Waals surface area contributed by atoms with Crippen molar-refractivity contribution in [3.05, 3.63) is 28.8 Å². The second-order valence-corrected chi connectivity index (χ2v) is 4.66. The fourth-order valence-corrected chi connectivity index (χ4v) is 2.39. The van der Waals surface area contributed by atoms with Crippen LogP contribution < -0.4 is 10.2 Å². The van der Waals surface area contributed by atoms with E-state index in [4.69, 9.17) is 16.9 Å². The number of nitriles is 1. The van der Waals surface area contributed by atoms with Crippen molar-refractivity contribution in [2.75, 3.05) is 18.5 Å². The average molecular weight is 264 g/mol. The Hall–Kier alpha value is -1.57. The molecule has 1 heterocycles. The van der Waals surface area contributed by atoms with Gasteiger partial charge in [0.15, 0.2) is 0 Å². The van der Waals surface area contributed by atoms with Gasteiger partial charge in [0.05, 0.1) is 28.4 Å². The zero-order valence-electron chi connectivity index (χ0n) is 10.1. The molecule has 1 fully saturated rings. The fourth-order valence-electron chi connectivity index (χ4n) is 2.17. The Labute approximate surface area is 111 Å². The summed E-state index contributed by atoms with van der Waals surface area (Å²) in [5, 5.41) is 12.4. The minimum atomic E-state index is -0.166.